The number of carbonyl (C=O) groups excluding carboxylic acids is 1. The number of halogens is 1. The van der Waals surface area contributed by atoms with E-state index in [1.54, 1.807) is 11.3 Å². The molecule has 36 heavy (non-hydrogen) atoms. The molecule has 182 valence electrons. The van der Waals surface area contributed by atoms with Crippen LogP contribution in [0.25, 0.3) is 33.8 Å². The third-order valence-corrected chi connectivity index (χ3v) is 8.83. The highest BCUT2D eigenvalue weighted by molar-refractivity contribution is 9.10. The maximum Gasteiger partial charge on any atom is 0.236 e. The topological polar surface area (TPSA) is 72.7 Å². The van der Waals surface area contributed by atoms with Crippen LogP contribution >= 0.6 is 50.4 Å². The second kappa shape index (κ2) is 10.7. The fourth-order valence-electron chi connectivity index (χ4n) is 3.74. The third-order valence-electron chi connectivity index (χ3n) is 5.61. The normalized spacial score (nSPS) is 11.1. The molecule has 5 aromatic rings. The van der Waals surface area contributed by atoms with E-state index < -0.39 is 0 Å². The lowest BCUT2D eigenvalue weighted by Crippen LogP contribution is -2.14. The van der Waals surface area contributed by atoms with Gasteiger partial charge in [0.05, 0.1) is 11.4 Å². The standard InChI is InChI=1S/C26H22BrN5OS3/c1-15-4-6-18(7-5-15)23-16(2)34-12-20(23)24-30-31-26(32(24)3)36-14-22(33)29-25-28-21(13-35-25)17-8-10-19(27)11-9-17/h4-13H,14H2,1-3H3,(H,28,29,33). The molecule has 0 fully saturated rings. The number of benzene rings is 2. The Labute approximate surface area is 230 Å². The SMILES string of the molecule is Cc1ccc(-c2c(-c3nnc(SCC(=O)Nc4nc(-c5ccc(Br)cc5)cs4)n3C)csc2C)cc1. The van der Waals surface area contributed by atoms with Crippen molar-refractivity contribution in [1.29, 1.82) is 0 Å². The van der Waals surface area contributed by atoms with Gasteiger partial charge in [-0.3, -0.25) is 4.79 Å². The smallest absolute Gasteiger partial charge is 0.236 e. The van der Waals surface area contributed by atoms with Gasteiger partial charge in [-0.15, -0.1) is 32.9 Å². The summed E-state index contributed by atoms with van der Waals surface area (Å²) in [6, 6.07) is 16.5. The highest BCUT2D eigenvalue weighted by atomic mass is 79.9. The van der Waals surface area contributed by atoms with Crippen molar-refractivity contribution in [3.63, 3.8) is 0 Å². The van der Waals surface area contributed by atoms with Crippen molar-refractivity contribution in [2.45, 2.75) is 19.0 Å². The number of carbonyl (C=O) groups is 1. The number of nitrogens with zero attached hydrogens (tertiary/aromatic N) is 4. The summed E-state index contributed by atoms with van der Waals surface area (Å²) in [6.07, 6.45) is 0. The van der Waals surface area contributed by atoms with E-state index >= 15 is 0 Å². The molecule has 0 spiro atoms. The first kappa shape index (κ1) is 24.9. The Balaban J connectivity index is 1.26. The van der Waals surface area contributed by atoms with Crippen LogP contribution in [0.2, 0.25) is 0 Å². The lowest BCUT2D eigenvalue weighted by molar-refractivity contribution is -0.113. The Kier molecular flexibility index (Phi) is 7.38. The Morgan fingerprint density at radius 2 is 1.72 bits per heavy atom. The van der Waals surface area contributed by atoms with Crippen molar-refractivity contribution in [1.82, 2.24) is 19.7 Å². The summed E-state index contributed by atoms with van der Waals surface area (Å²) in [5.74, 6) is 0.872. The summed E-state index contributed by atoms with van der Waals surface area (Å²) in [7, 11) is 1.94. The van der Waals surface area contributed by atoms with Crippen LogP contribution in [0.5, 0.6) is 0 Å². The summed E-state index contributed by atoms with van der Waals surface area (Å²) in [4.78, 5) is 18.4. The minimum atomic E-state index is -0.132. The summed E-state index contributed by atoms with van der Waals surface area (Å²) in [5, 5.41) is 17.1. The first-order chi connectivity index (χ1) is 17.4. The number of amides is 1. The molecule has 0 aliphatic heterocycles. The predicted molar refractivity (Wildman–Crippen MR) is 154 cm³/mol. The van der Waals surface area contributed by atoms with E-state index in [0.717, 1.165) is 32.7 Å². The van der Waals surface area contributed by atoms with Crippen molar-refractivity contribution in [2.75, 3.05) is 11.1 Å². The van der Waals surface area contributed by atoms with Crippen LogP contribution in [-0.4, -0.2) is 31.4 Å². The third kappa shape index (κ3) is 5.31. The van der Waals surface area contributed by atoms with E-state index in [2.05, 4.69) is 79.9 Å². The molecule has 0 radical (unpaired) electrons. The molecule has 0 unspecified atom stereocenters. The van der Waals surface area contributed by atoms with Crippen molar-refractivity contribution in [3.05, 3.63) is 74.2 Å². The van der Waals surface area contributed by atoms with Crippen LogP contribution in [0, 0.1) is 13.8 Å². The van der Waals surface area contributed by atoms with Gasteiger partial charge in [0, 0.05) is 43.8 Å². The number of thiophene rings is 1. The molecule has 10 heteroatoms. The van der Waals surface area contributed by atoms with E-state index in [-0.39, 0.29) is 11.7 Å². The maximum atomic E-state index is 12.6. The van der Waals surface area contributed by atoms with Crippen LogP contribution in [-0.2, 0) is 11.8 Å². The van der Waals surface area contributed by atoms with Gasteiger partial charge in [-0.1, -0.05) is 69.7 Å². The van der Waals surface area contributed by atoms with E-state index in [1.807, 2.05) is 41.3 Å². The molecule has 1 amide bonds. The lowest BCUT2D eigenvalue weighted by Gasteiger charge is -2.07. The Bertz CT molecular complexity index is 1520. The van der Waals surface area contributed by atoms with Gasteiger partial charge in [0.2, 0.25) is 5.91 Å². The van der Waals surface area contributed by atoms with Crippen molar-refractivity contribution in [3.8, 4) is 33.8 Å². The molecule has 0 aliphatic rings. The van der Waals surface area contributed by atoms with Crippen molar-refractivity contribution in [2.24, 2.45) is 7.05 Å². The number of hydrogen-bond donors (Lipinski definition) is 1. The molecule has 0 atom stereocenters. The zero-order chi connectivity index (χ0) is 25.2. The highest BCUT2D eigenvalue weighted by Gasteiger charge is 2.19. The zero-order valence-corrected chi connectivity index (χ0v) is 23.8. The highest BCUT2D eigenvalue weighted by Crippen LogP contribution is 2.39. The number of nitrogens with one attached hydrogen (secondary N) is 1. The molecule has 5 rings (SSSR count). The predicted octanol–water partition coefficient (Wildman–Crippen LogP) is 7.44. The summed E-state index contributed by atoms with van der Waals surface area (Å²) in [6.45, 7) is 4.21. The summed E-state index contributed by atoms with van der Waals surface area (Å²) >= 11 is 7.91. The van der Waals surface area contributed by atoms with Gasteiger partial charge in [0.15, 0.2) is 16.1 Å². The van der Waals surface area contributed by atoms with Gasteiger partial charge in [-0.2, -0.15) is 0 Å². The number of aryl methyl sites for hydroxylation is 2. The Morgan fingerprint density at radius 3 is 2.47 bits per heavy atom. The van der Waals surface area contributed by atoms with Gasteiger partial charge in [-0.05, 0) is 31.5 Å². The fourth-order valence-corrected chi connectivity index (χ4v) is 6.32. The minimum Gasteiger partial charge on any atom is -0.305 e. The van der Waals surface area contributed by atoms with Crippen LogP contribution in [0.3, 0.4) is 0 Å². The lowest BCUT2D eigenvalue weighted by atomic mass is 10.0. The fraction of sp³-hybridized carbons (Fsp3) is 0.154. The van der Waals surface area contributed by atoms with Crippen molar-refractivity contribution < 1.29 is 4.79 Å². The molecule has 6 nitrogen and oxygen atoms in total. The molecule has 1 N–H and O–H groups in total. The number of aromatic nitrogens is 4. The number of anilines is 1. The van der Waals surface area contributed by atoms with Gasteiger partial charge < -0.3 is 9.88 Å². The number of rotatable bonds is 7. The second-order valence-corrected chi connectivity index (χ2v) is 12.0. The number of hydrogen-bond acceptors (Lipinski definition) is 7. The monoisotopic (exact) mass is 595 g/mol. The molecule has 3 aromatic heterocycles. The molecular formula is C26H22BrN5OS3. The molecule has 0 bridgehead atoms. The van der Waals surface area contributed by atoms with Crippen LogP contribution < -0.4 is 5.32 Å². The minimum absolute atomic E-state index is 0.132. The molecule has 0 aliphatic carbocycles. The van der Waals surface area contributed by atoms with E-state index in [1.165, 1.54) is 39.1 Å². The van der Waals surface area contributed by atoms with E-state index in [9.17, 15) is 4.79 Å². The maximum absolute atomic E-state index is 12.6. The largest absolute Gasteiger partial charge is 0.305 e. The van der Waals surface area contributed by atoms with E-state index in [4.69, 9.17) is 0 Å². The van der Waals surface area contributed by atoms with Gasteiger partial charge in [-0.25, -0.2) is 4.98 Å². The first-order valence-electron chi connectivity index (χ1n) is 11.1. The molecular weight excluding hydrogens is 574 g/mol. The van der Waals surface area contributed by atoms with Crippen LogP contribution in [0.15, 0.2) is 68.9 Å². The number of thiazole rings is 1. The molecule has 0 saturated heterocycles. The second-order valence-electron chi connectivity index (χ2n) is 8.19. The quantitative estimate of drug-likeness (QED) is 0.198. The number of thioether (sulfide) groups is 1. The van der Waals surface area contributed by atoms with Gasteiger partial charge in [0.25, 0.3) is 0 Å². The first-order valence-corrected chi connectivity index (χ1v) is 14.6. The molecule has 0 saturated carbocycles. The summed E-state index contributed by atoms with van der Waals surface area (Å²) in [5.41, 5.74) is 6.46. The molecule has 2 aromatic carbocycles. The van der Waals surface area contributed by atoms with Gasteiger partial charge >= 0.3 is 0 Å². The van der Waals surface area contributed by atoms with Crippen LogP contribution in [0.4, 0.5) is 5.13 Å². The Hall–Kier alpha value is -2.79. The summed E-state index contributed by atoms with van der Waals surface area (Å²) < 4.78 is 2.96. The Morgan fingerprint density at radius 1 is 1.00 bits per heavy atom. The average Bonchev–Trinajstić information content (AvgIpc) is 3.58. The van der Waals surface area contributed by atoms with Crippen molar-refractivity contribution >= 4 is 61.4 Å². The van der Waals surface area contributed by atoms with E-state index in [0.29, 0.717) is 10.3 Å². The molecule has 3 heterocycles. The van der Waals surface area contributed by atoms with Gasteiger partial charge in [0.1, 0.15) is 0 Å². The average molecular weight is 597 g/mol. The zero-order valence-electron chi connectivity index (χ0n) is 19.8. The van der Waals surface area contributed by atoms with Crippen LogP contribution in [0.1, 0.15) is 10.4 Å².